The summed E-state index contributed by atoms with van der Waals surface area (Å²) in [5.41, 5.74) is 3.40. The van der Waals surface area contributed by atoms with Gasteiger partial charge in [-0.3, -0.25) is 9.69 Å². The summed E-state index contributed by atoms with van der Waals surface area (Å²) in [6, 6.07) is 23.0. The lowest BCUT2D eigenvalue weighted by Gasteiger charge is -2.29. The van der Waals surface area contributed by atoms with Crippen molar-refractivity contribution in [2.45, 2.75) is 18.9 Å². The third-order valence-electron chi connectivity index (χ3n) is 5.65. The number of aliphatic hydroxyl groups excluding tert-OH is 1. The highest BCUT2D eigenvalue weighted by Gasteiger charge is 2.30. The molecule has 1 fully saturated rings. The first-order valence-electron chi connectivity index (χ1n) is 10.2. The molecular formula is C25H23NO4. The van der Waals surface area contributed by atoms with E-state index in [1.165, 1.54) is 0 Å². The summed E-state index contributed by atoms with van der Waals surface area (Å²) < 4.78 is 11.6. The number of hydrogen-bond donors (Lipinski definition) is 1. The Morgan fingerprint density at radius 1 is 1.00 bits per heavy atom. The Hall–Kier alpha value is -3.31. The average molecular weight is 401 g/mol. The van der Waals surface area contributed by atoms with Crippen molar-refractivity contribution < 1.29 is 19.4 Å². The molecule has 0 bridgehead atoms. The number of nitrogens with zero attached hydrogens (tertiary/aromatic N) is 1. The van der Waals surface area contributed by atoms with Gasteiger partial charge in [0.25, 0.3) is 5.91 Å². The summed E-state index contributed by atoms with van der Waals surface area (Å²) in [4.78, 5) is 14.6. The Kier molecular flexibility index (Phi) is 4.89. The minimum absolute atomic E-state index is 0.0892. The first kappa shape index (κ1) is 18.7. The molecule has 1 unspecified atom stereocenters. The fourth-order valence-electron chi connectivity index (χ4n) is 3.68. The van der Waals surface area contributed by atoms with Crippen LogP contribution in [-0.2, 0) is 0 Å². The molecule has 1 amide bonds. The lowest BCUT2D eigenvalue weighted by molar-refractivity contribution is 0.0894. The van der Waals surface area contributed by atoms with E-state index in [-0.39, 0.29) is 12.6 Å². The van der Waals surface area contributed by atoms with Crippen LogP contribution in [0.1, 0.15) is 23.2 Å². The van der Waals surface area contributed by atoms with Crippen LogP contribution < -0.4 is 14.4 Å². The number of aliphatic hydroxyl groups is 1. The molecule has 2 aliphatic rings. The summed E-state index contributed by atoms with van der Waals surface area (Å²) in [6.45, 7) is 0.456. The second kappa shape index (κ2) is 7.84. The quantitative estimate of drug-likeness (QED) is 0.661. The number of anilines is 1. The van der Waals surface area contributed by atoms with Crippen LogP contribution in [0.2, 0.25) is 0 Å². The Morgan fingerprint density at radius 2 is 1.77 bits per heavy atom. The summed E-state index contributed by atoms with van der Waals surface area (Å²) in [5.74, 6) is 1.58. The molecule has 5 nitrogen and oxygen atoms in total. The summed E-state index contributed by atoms with van der Waals surface area (Å²) in [6.07, 6.45) is 1.75. The summed E-state index contributed by atoms with van der Waals surface area (Å²) >= 11 is 0. The zero-order valence-corrected chi connectivity index (χ0v) is 16.5. The molecule has 0 radical (unpaired) electrons. The van der Waals surface area contributed by atoms with E-state index in [1.54, 1.807) is 4.90 Å². The molecule has 30 heavy (non-hydrogen) atoms. The van der Waals surface area contributed by atoms with Gasteiger partial charge in [-0.15, -0.1) is 0 Å². The van der Waals surface area contributed by atoms with Gasteiger partial charge in [0.1, 0.15) is 18.1 Å². The van der Waals surface area contributed by atoms with Crippen molar-refractivity contribution in [3.05, 3.63) is 78.4 Å². The van der Waals surface area contributed by atoms with E-state index in [9.17, 15) is 9.90 Å². The molecule has 5 heteroatoms. The second-order valence-electron chi connectivity index (χ2n) is 7.79. The predicted molar refractivity (Wildman–Crippen MR) is 115 cm³/mol. The highest BCUT2D eigenvalue weighted by molar-refractivity contribution is 6.09. The van der Waals surface area contributed by atoms with Gasteiger partial charge in [-0.05, 0) is 66.3 Å². The third kappa shape index (κ3) is 3.76. The average Bonchev–Trinajstić information content (AvgIpc) is 3.64. The van der Waals surface area contributed by atoms with Crippen molar-refractivity contribution in [1.29, 1.82) is 0 Å². The summed E-state index contributed by atoms with van der Waals surface area (Å²) in [7, 11) is 0. The predicted octanol–water partition coefficient (Wildman–Crippen LogP) is 4.50. The highest BCUT2D eigenvalue weighted by Crippen LogP contribution is 2.34. The van der Waals surface area contributed by atoms with Crippen LogP contribution in [0.25, 0.3) is 11.1 Å². The second-order valence-corrected chi connectivity index (χ2v) is 7.79. The number of fused-ring (bicyclic) bond motifs is 1. The molecule has 1 atom stereocenters. The van der Waals surface area contributed by atoms with Crippen molar-refractivity contribution in [2.75, 3.05) is 18.2 Å². The Bertz CT molecular complexity index is 1040. The molecule has 0 saturated heterocycles. The van der Waals surface area contributed by atoms with Gasteiger partial charge in [-0.25, -0.2) is 0 Å². The molecule has 1 saturated carbocycles. The maximum atomic E-state index is 13.0. The molecular weight excluding hydrogens is 378 g/mol. The van der Waals surface area contributed by atoms with Crippen LogP contribution in [-0.4, -0.2) is 30.5 Å². The highest BCUT2D eigenvalue weighted by atomic mass is 16.5. The fraction of sp³-hybridized carbons (Fsp3) is 0.240. The van der Waals surface area contributed by atoms with Crippen LogP contribution in [0.4, 0.5) is 5.69 Å². The molecule has 0 aromatic heterocycles. The standard InChI is InChI=1S/C25H23NO4/c27-23(18-6-7-18)15-29-21-11-9-20(10-12-21)26-16-30-24-14-19(8-13-22(24)25(26)28)17-4-2-1-3-5-17/h1-5,8-14,18,23,27H,6-7,15-16H2. The number of hydrogen-bond acceptors (Lipinski definition) is 4. The lowest BCUT2D eigenvalue weighted by atomic mass is 10.0. The topological polar surface area (TPSA) is 59.0 Å². The van der Waals surface area contributed by atoms with Gasteiger partial charge in [0.05, 0.1) is 11.7 Å². The number of carbonyl (C=O) groups is 1. The van der Waals surface area contributed by atoms with E-state index in [4.69, 9.17) is 9.47 Å². The molecule has 3 aromatic carbocycles. The molecule has 1 aliphatic carbocycles. The first-order chi connectivity index (χ1) is 14.7. The molecule has 1 aliphatic heterocycles. The smallest absolute Gasteiger partial charge is 0.264 e. The summed E-state index contributed by atoms with van der Waals surface area (Å²) in [5, 5.41) is 9.93. The number of amides is 1. The fourth-order valence-corrected chi connectivity index (χ4v) is 3.68. The van der Waals surface area contributed by atoms with E-state index in [1.807, 2.05) is 72.8 Å². The van der Waals surface area contributed by atoms with Gasteiger partial charge in [0.15, 0.2) is 6.73 Å². The van der Waals surface area contributed by atoms with Gasteiger partial charge < -0.3 is 14.6 Å². The number of carbonyl (C=O) groups excluding carboxylic acids is 1. The SMILES string of the molecule is O=C1c2ccc(-c3ccccc3)cc2OCN1c1ccc(OCC(O)C2CC2)cc1. The van der Waals surface area contributed by atoms with Crippen molar-refractivity contribution in [1.82, 2.24) is 0 Å². The Labute approximate surface area is 175 Å². The van der Waals surface area contributed by atoms with Crippen molar-refractivity contribution >= 4 is 11.6 Å². The van der Waals surface area contributed by atoms with Gasteiger partial charge in [-0.2, -0.15) is 0 Å². The Morgan fingerprint density at radius 3 is 2.50 bits per heavy atom. The minimum Gasteiger partial charge on any atom is -0.491 e. The van der Waals surface area contributed by atoms with E-state index >= 15 is 0 Å². The van der Waals surface area contributed by atoms with Crippen LogP contribution in [0.3, 0.4) is 0 Å². The minimum atomic E-state index is -0.404. The van der Waals surface area contributed by atoms with Crippen molar-refractivity contribution in [2.24, 2.45) is 5.92 Å². The molecule has 3 aromatic rings. The van der Waals surface area contributed by atoms with E-state index in [0.717, 1.165) is 29.7 Å². The van der Waals surface area contributed by atoms with Crippen LogP contribution in [0.15, 0.2) is 72.8 Å². The molecule has 0 spiro atoms. The number of rotatable bonds is 6. The number of ether oxygens (including phenoxy) is 2. The maximum Gasteiger partial charge on any atom is 0.264 e. The van der Waals surface area contributed by atoms with Crippen LogP contribution >= 0.6 is 0 Å². The molecule has 152 valence electrons. The van der Waals surface area contributed by atoms with Gasteiger partial charge in [0.2, 0.25) is 0 Å². The Balaban J connectivity index is 1.29. The maximum absolute atomic E-state index is 13.0. The number of benzene rings is 3. The van der Waals surface area contributed by atoms with Gasteiger partial charge in [-0.1, -0.05) is 36.4 Å². The molecule has 1 heterocycles. The van der Waals surface area contributed by atoms with Crippen LogP contribution in [0.5, 0.6) is 11.5 Å². The zero-order chi connectivity index (χ0) is 20.5. The van der Waals surface area contributed by atoms with E-state index < -0.39 is 6.10 Å². The first-order valence-corrected chi connectivity index (χ1v) is 10.2. The third-order valence-corrected chi connectivity index (χ3v) is 5.65. The molecule has 5 rings (SSSR count). The normalized spacial score (nSPS) is 16.6. The van der Waals surface area contributed by atoms with Gasteiger partial charge in [0, 0.05) is 5.69 Å². The monoisotopic (exact) mass is 401 g/mol. The zero-order valence-electron chi connectivity index (χ0n) is 16.5. The van der Waals surface area contributed by atoms with E-state index in [0.29, 0.717) is 29.6 Å². The lowest BCUT2D eigenvalue weighted by Crippen LogP contribution is -2.38. The van der Waals surface area contributed by atoms with Crippen LogP contribution in [0, 0.1) is 5.92 Å². The van der Waals surface area contributed by atoms with Crippen molar-refractivity contribution in [3.8, 4) is 22.6 Å². The molecule has 1 N–H and O–H groups in total. The van der Waals surface area contributed by atoms with E-state index in [2.05, 4.69) is 0 Å². The van der Waals surface area contributed by atoms with Crippen molar-refractivity contribution in [3.63, 3.8) is 0 Å². The van der Waals surface area contributed by atoms with Gasteiger partial charge >= 0.3 is 0 Å². The largest absolute Gasteiger partial charge is 0.491 e.